The Labute approximate surface area is 122 Å². The highest BCUT2D eigenvalue weighted by Gasteiger charge is 2.20. The first kappa shape index (κ1) is 15.0. The Morgan fingerprint density at radius 1 is 1.05 bits per heavy atom. The molecule has 0 aliphatic rings. The standard InChI is InChI=1S/C14H12BrF3N2/c15-9-4-5-10(16)8(6-9)7-13(20-19)14-11(17)2-1-3-12(14)18/h1-6,13,20H,7,19H2. The summed E-state index contributed by atoms with van der Waals surface area (Å²) in [7, 11) is 0. The van der Waals surface area contributed by atoms with Gasteiger partial charge in [0.15, 0.2) is 0 Å². The smallest absolute Gasteiger partial charge is 0.130 e. The number of rotatable bonds is 4. The van der Waals surface area contributed by atoms with Crippen LogP contribution in [0.2, 0.25) is 0 Å². The largest absolute Gasteiger partial charge is 0.271 e. The van der Waals surface area contributed by atoms with Crippen molar-refractivity contribution in [2.75, 3.05) is 0 Å². The second-order valence-electron chi connectivity index (χ2n) is 4.29. The predicted octanol–water partition coefficient (Wildman–Crippen LogP) is 3.61. The van der Waals surface area contributed by atoms with Crippen molar-refractivity contribution in [1.29, 1.82) is 0 Å². The quantitative estimate of drug-likeness (QED) is 0.656. The summed E-state index contributed by atoms with van der Waals surface area (Å²) < 4.78 is 41.8. The highest BCUT2D eigenvalue weighted by molar-refractivity contribution is 9.10. The number of halogens is 4. The minimum absolute atomic E-state index is 0.0274. The average molecular weight is 345 g/mol. The van der Waals surface area contributed by atoms with E-state index in [2.05, 4.69) is 21.4 Å². The second-order valence-corrected chi connectivity index (χ2v) is 5.21. The summed E-state index contributed by atoms with van der Waals surface area (Å²) in [5.41, 5.74) is 2.44. The predicted molar refractivity (Wildman–Crippen MR) is 74.2 cm³/mol. The molecule has 0 saturated heterocycles. The Morgan fingerprint density at radius 3 is 2.30 bits per heavy atom. The maximum Gasteiger partial charge on any atom is 0.130 e. The number of hydrogen-bond donors (Lipinski definition) is 2. The molecule has 0 aromatic heterocycles. The van der Waals surface area contributed by atoms with Crippen LogP contribution in [0.5, 0.6) is 0 Å². The second kappa shape index (κ2) is 6.39. The van der Waals surface area contributed by atoms with Gasteiger partial charge in [-0.25, -0.2) is 13.2 Å². The topological polar surface area (TPSA) is 38.0 Å². The summed E-state index contributed by atoms with van der Waals surface area (Å²) in [6, 6.07) is 7.07. The van der Waals surface area contributed by atoms with Gasteiger partial charge >= 0.3 is 0 Å². The summed E-state index contributed by atoms with van der Waals surface area (Å²) in [6.45, 7) is 0. The minimum atomic E-state index is -0.861. The van der Waals surface area contributed by atoms with Crippen molar-refractivity contribution < 1.29 is 13.2 Å². The number of hydrogen-bond acceptors (Lipinski definition) is 2. The van der Waals surface area contributed by atoms with E-state index in [1.807, 2.05) is 0 Å². The third kappa shape index (κ3) is 3.20. The molecule has 1 atom stereocenters. The van der Waals surface area contributed by atoms with Crippen molar-refractivity contribution in [3.05, 3.63) is 69.4 Å². The SMILES string of the molecule is NNC(Cc1cc(Br)ccc1F)c1c(F)cccc1F. The van der Waals surface area contributed by atoms with Crippen molar-refractivity contribution in [2.45, 2.75) is 12.5 Å². The Hall–Kier alpha value is -1.37. The van der Waals surface area contributed by atoms with E-state index in [1.165, 1.54) is 12.1 Å². The van der Waals surface area contributed by atoms with Gasteiger partial charge < -0.3 is 0 Å². The van der Waals surface area contributed by atoms with E-state index < -0.39 is 23.5 Å². The molecule has 6 heteroatoms. The molecule has 1 unspecified atom stereocenters. The van der Waals surface area contributed by atoms with Crippen LogP contribution in [0, 0.1) is 17.5 Å². The monoisotopic (exact) mass is 344 g/mol. The Kier molecular flexibility index (Phi) is 4.80. The van der Waals surface area contributed by atoms with Crippen LogP contribution in [-0.4, -0.2) is 0 Å². The van der Waals surface area contributed by atoms with E-state index >= 15 is 0 Å². The van der Waals surface area contributed by atoms with E-state index in [-0.39, 0.29) is 12.0 Å². The number of nitrogens with two attached hydrogens (primary N) is 1. The first-order chi connectivity index (χ1) is 9.52. The number of benzene rings is 2. The lowest BCUT2D eigenvalue weighted by Gasteiger charge is -2.18. The molecule has 0 spiro atoms. The van der Waals surface area contributed by atoms with Crippen molar-refractivity contribution in [2.24, 2.45) is 5.84 Å². The summed E-state index contributed by atoms with van der Waals surface area (Å²) in [4.78, 5) is 0. The van der Waals surface area contributed by atoms with Crippen LogP contribution in [0.15, 0.2) is 40.9 Å². The molecule has 0 aliphatic heterocycles. The van der Waals surface area contributed by atoms with Gasteiger partial charge in [-0.05, 0) is 42.3 Å². The summed E-state index contributed by atoms with van der Waals surface area (Å²) in [5.74, 6) is 3.47. The summed E-state index contributed by atoms with van der Waals surface area (Å²) in [6.07, 6.45) is 0.0274. The maximum atomic E-state index is 13.7. The van der Waals surface area contributed by atoms with Crippen LogP contribution in [0.3, 0.4) is 0 Å². The van der Waals surface area contributed by atoms with Gasteiger partial charge in [-0.3, -0.25) is 11.3 Å². The van der Waals surface area contributed by atoms with Crippen molar-refractivity contribution in [3.8, 4) is 0 Å². The molecule has 0 bridgehead atoms. The first-order valence-electron chi connectivity index (χ1n) is 5.87. The van der Waals surface area contributed by atoms with Crippen LogP contribution in [-0.2, 0) is 6.42 Å². The van der Waals surface area contributed by atoms with Crippen LogP contribution in [0.4, 0.5) is 13.2 Å². The molecule has 0 radical (unpaired) electrons. The van der Waals surface area contributed by atoms with Gasteiger partial charge in [0.2, 0.25) is 0 Å². The van der Waals surface area contributed by atoms with Gasteiger partial charge in [-0.15, -0.1) is 0 Å². The fraction of sp³-hybridized carbons (Fsp3) is 0.143. The van der Waals surface area contributed by atoms with Gasteiger partial charge in [-0.1, -0.05) is 22.0 Å². The molecule has 20 heavy (non-hydrogen) atoms. The van der Waals surface area contributed by atoms with Gasteiger partial charge in [0.05, 0.1) is 6.04 Å². The van der Waals surface area contributed by atoms with Crippen molar-refractivity contribution in [3.63, 3.8) is 0 Å². The van der Waals surface area contributed by atoms with Crippen LogP contribution in [0.25, 0.3) is 0 Å². The number of hydrazine groups is 1. The Balaban J connectivity index is 2.36. The Bertz CT molecular complexity index is 599. The third-order valence-electron chi connectivity index (χ3n) is 2.98. The molecule has 2 aromatic carbocycles. The third-order valence-corrected chi connectivity index (χ3v) is 3.47. The lowest BCUT2D eigenvalue weighted by atomic mass is 9.98. The minimum Gasteiger partial charge on any atom is -0.271 e. The van der Waals surface area contributed by atoms with Gasteiger partial charge in [0, 0.05) is 10.0 Å². The van der Waals surface area contributed by atoms with Gasteiger partial charge in [0.1, 0.15) is 17.5 Å². The first-order valence-corrected chi connectivity index (χ1v) is 6.66. The molecule has 0 amide bonds. The summed E-state index contributed by atoms with van der Waals surface area (Å²) >= 11 is 3.23. The molecule has 2 aromatic rings. The van der Waals surface area contributed by atoms with E-state index in [4.69, 9.17) is 5.84 Å². The summed E-state index contributed by atoms with van der Waals surface area (Å²) in [5, 5.41) is 0. The van der Waals surface area contributed by atoms with E-state index in [0.29, 0.717) is 10.0 Å². The van der Waals surface area contributed by atoms with Crippen molar-refractivity contribution >= 4 is 15.9 Å². The van der Waals surface area contributed by atoms with Crippen molar-refractivity contribution in [1.82, 2.24) is 5.43 Å². The van der Waals surface area contributed by atoms with Crippen LogP contribution >= 0.6 is 15.9 Å². The number of nitrogens with one attached hydrogen (secondary N) is 1. The molecular weight excluding hydrogens is 333 g/mol. The normalized spacial score (nSPS) is 12.4. The highest BCUT2D eigenvalue weighted by Crippen LogP contribution is 2.26. The molecule has 0 saturated carbocycles. The molecular formula is C14H12BrF3N2. The van der Waals surface area contributed by atoms with E-state index in [1.54, 1.807) is 12.1 Å². The zero-order valence-corrected chi connectivity index (χ0v) is 11.9. The van der Waals surface area contributed by atoms with Crippen LogP contribution < -0.4 is 11.3 Å². The molecule has 106 valence electrons. The zero-order valence-electron chi connectivity index (χ0n) is 10.3. The molecule has 0 fully saturated rings. The fourth-order valence-electron chi connectivity index (χ4n) is 2.01. The highest BCUT2D eigenvalue weighted by atomic mass is 79.9. The van der Waals surface area contributed by atoms with Crippen LogP contribution in [0.1, 0.15) is 17.2 Å². The maximum absolute atomic E-state index is 13.7. The molecule has 0 heterocycles. The lowest BCUT2D eigenvalue weighted by molar-refractivity contribution is 0.466. The zero-order chi connectivity index (χ0) is 14.7. The lowest BCUT2D eigenvalue weighted by Crippen LogP contribution is -2.31. The molecule has 3 N–H and O–H groups in total. The average Bonchev–Trinajstić information content (AvgIpc) is 2.41. The Morgan fingerprint density at radius 2 is 1.70 bits per heavy atom. The van der Waals surface area contributed by atoms with Gasteiger partial charge in [0.25, 0.3) is 0 Å². The van der Waals surface area contributed by atoms with E-state index in [9.17, 15) is 13.2 Å². The fourth-order valence-corrected chi connectivity index (χ4v) is 2.42. The molecule has 2 nitrogen and oxygen atoms in total. The molecule has 0 aliphatic carbocycles. The molecule has 2 rings (SSSR count). The van der Waals surface area contributed by atoms with E-state index in [0.717, 1.165) is 12.1 Å². The van der Waals surface area contributed by atoms with Gasteiger partial charge in [-0.2, -0.15) is 0 Å².